The van der Waals surface area contributed by atoms with Gasteiger partial charge in [0.25, 0.3) is 5.56 Å². The van der Waals surface area contributed by atoms with Crippen LogP contribution >= 0.6 is 34.4 Å². The van der Waals surface area contributed by atoms with Gasteiger partial charge in [-0.05, 0) is 25.7 Å². The topological polar surface area (TPSA) is 103 Å². The smallest absolute Gasteiger partial charge is 0.311 e. The number of ether oxygens (including phenoxy) is 1. The summed E-state index contributed by atoms with van der Waals surface area (Å²) < 4.78 is 6.27. The second-order valence-corrected chi connectivity index (χ2v) is 8.70. The van der Waals surface area contributed by atoms with Crippen molar-refractivity contribution in [2.45, 2.75) is 38.4 Å². The van der Waals surface area contributed by atoms with Gasteiger partial charge in [0, 0.05) is 10.3 Å². The molecule has 0 bridgehead atoms. The maximum Gasteiger partial charge on any atom is 0.311 e. The molecular formula is C18H20N4O4S3. The van der Waals surface area contributed by atoms with Gasteiger partial charge in [0.2, 0.25) is 5.91 Å². The fourth-order valence-corrected chi connectivity index (χ4v) is 4.92. The van der Waals surface area contributed by atoms with Crippen molar-refractivity contribution in [3.05, 3.63) is 32.4 Å². The summed E-state index contributed by atoms with van der Waals surface area (Å²) in [6.07, 6.45) is 2.70. The highest BCUT2D eigenvalue weighted by Gasteiger charge is 2.17. The van der Waals surface area contributed by atoms with E-state index in [1.807, 2.05) is 19.2 Å². The Morgan fingerprint density at radius 1 is 1.31 bits per heavy atom. The molecule has 0 radical (unpaired) electrons. The van der Waals surface area contributed by atoms with E-state index < -0.39 is 0 Å². The van der Waals surface area contributed by atoms with Gasteiger partial charge in [-0.3, -0.25) is 19.0 Å². The molecule has 0 aliphatic carbocycles. The van der Waals surface area contributed by atoms with Crippen LogP contribution in [0.2, 0.25) is 0 Å². The predicted molar refractivity (Wildman–Crippen MR) is 116 cm³/mol. The van der Waals surface area contributed by atoms with Gasteiger partial charge in [-0.2, -0.15) is 0 Å². The summed E-state index contributed by atoms with van der Waals surface area (Å²) in [5.74, 6) is -0.750. The van der Waals surface area contributed by atoms with Crippen LogP contribution in [-0.2, 0) is 33.7 Å². The number of nitrogens with zero attached hydrogens (tertiary/aromatic N) is 3. The summed E-state index contributed by atoms with van der Waals surface area (Å²) in [4.78, 5) is 47.5. The van der Waals surface area contributed by atoms with Crippen LogP contribution in [0.4, 0.5) is 5.13 Å². The van der Waals surface area contributed by atoms with Crippen molar-refractivity contribution in [2.75, 3.05) is 18.2 Å². The SMILES string of the molecule is CCOC(=O)Cc1csc(NC(=O)Cn2c(SC)nc3sc(CC)cc3c2=O)n1. The summed E-state index contributed by atoms with van der Waals surface area (Å²) in [5, 5.41) is 5.76. The van der Waals surface area contributed by atoms with Gasteiger partial charge in [0.05, 0.1) is 24.1 Å². The van der Waals surface area contributed by atoms with Gasteiger partial charge in [-0.15, -0.1) is 22.7 Å². The highest BCUT2D eigenvalue weighted by Crippen LogP contribution is 2.24. The number of aromatic nitrogens is 3. The predicted octanol–water partition coefficient (Wildman–Crippen LogP) is 2.94. The van der Waals surface area contributed by atoms with E-state index in [9.17, 15) is 14.4 Å². The lowest BCUT2D eigenvalue weighted by Gasteiger charge is -2.09. The molecule has 0 saturated heterocycles. The third-order valence-electron chi connectivity index (χ3n) is 3.93. The maximum atomic E-state index is 12.9. The van der Waals surface area contributed by atoms with Gasteiger partial charge in [0.15, 0.2) is 10.3 Å². The highest BCUT2D eigenvalue weighted by molar-refractivity contribution is 7.98. The van der Waals surface area contributed by atoms with Crippen LogP contribution in [-0.4, -0.2) is 39.3 Å². The number of amides is 1. The Morgan fingerprint density at radius 2 is 2.10 bits per heavy atom. The lowest BCUT2D eigenvalue weighted by Crippen LogP contribution is -2.29. The average Bonchev–Trinajstić information content (AvgIpc) is 3.30. The van der Waals surface area contributed by atoms with E-state index in [2.05, 4.69) is 15.3 Å². The average molecular weight is 453 g/mol. The number of thiazole rings is 1. The Labute approximate surface area is 179 Å². The number of fused-ring (bicyclic) bond motifs is 1. The lowest BCUT2D eigenvalue weighted by molar-refractivity contribution is -0.142. The molecule has 0 aromatic carbocycles. The van der Waals surface area contributed by atoms with Crippen molar-refractivity contribution < 1.29 is 14.3 Å². The number of hydrogen-bond acceptors (Lipinski definition) is 9. The van der Waals surface area contributed by atoms with E-state index in [0.29, 0.717) is 32.8 Å². The van der Waals surface area contributed by atoms with Crippen LogP contribution in [0, 0.1) is 0 Å². The van der Waals surface area contributed by atoms with Crippen molar-refractivity contribution in [2.24, 2.45) is 0 Å². The van der Waals surface area contributed by atoms with Crippen LogP contribution < -0.4 is 10.9 Å². The molecule has 0 aliphatic heterocycles. The molecule has 11 heteroatoms. The first-order chi connectivity index (χ1) is 13.9. The van der Waals surface area contributed by atoms with Crippen LogP contribution in [0.3, 0.4) is 0 Å². The number of carbonyl (C=O) groups excluding carboxylic acids is 2. The van der Waals surface area contributed by atoms with Gasteiger partial charge < -0.3 is 10.1 Å². The first-order valence-electron chi connectivity index (χ1n) is 8.92. The minimum absolute atomic E-state index is 0.0504. The second kappa shape index (κ2) is 9.51. The molecule has 3 heterocycles. The first-order valence-corrected chi connectivity index (χ1v) is 11.8. The number of aryl methyl sites for hydroxylation is 1. The Morgan fingerprint density at radius 3 is 2.79 bits per heavy atom. The van der Waals surface area contributed by atoms with E-state index in [-0.39, 0.29) is 30.4 Å². The van der Waals surface area contributed by atoms with Gasteiger partial charge in [0.1, 0.15) is 11.4 Å². The van der Waals surface area contributed by atoms with Crippen LogP contribution in [0.25, 0.3) is 10.2 Å². The first kappa shape index (κ1) is 21.5. The molecule has 0 atom stereocenters. The fourth-order valence-electron chi connectivity index (χ4n) is 2.62. The van der Waals surface area contributed by atoms with Crippen molar-refractivity contribution in [1.82, 2.24) is 14.5 Å². The number of thiophene rings is 1. The molecule has 3 rings (SSSR count). The molecule has 8 nitrogen and oxygen atoms in total. The van der Waals surface area contributed by atoms with Crippen LogP contribution in [0.15, 0.2) is 21.4 Å². The Kier molecular flexibility index (Phi) is 7.04. The molecule has 154 valence electrons. The zero-order valence-electron chi connectivity index (χ0n) is 16.2. The summed E-state index contributed by atoms with van der Waals surface area (Å²) in [7, 11) is 0. The largest absolute Gasteiger partial charge is 0.466 e. The van der Waals surface area contributed by atoms with E-state index in [4.69, 9.17) is 4.74 Å². The Balaban J connectivity index is 1.76. The molecule has 0 unspecified atom stereocenters. The van der Waals surface area contributed by atoms with E-state index in [1.54, 1.807) is 12.3 Å². The number of rotatable bonds is 8. The third kappa shape index (κ3) is 5.03. The quantitative estimate of drug-likeness (QED) is 0.318. The number of esters is 1. The fraction of sp³-hybridized carbons (Fsp3) is 0.389. The second-order valence-electron chi connectivity index (χ2n) is 5.95. The molecular weight excluding hydrogens is 432 g/mol. The molecule has 0 saturated carbocycles. The van der Waals surface area contributed by atoms with Crippen molar-refractivity contribution in [3.63, 3.8) is 0 Å². The molecule has 3 aromatic rings. The Bertz CT molecular complexity index is 1100. The lowest BCUT2D eigenvalue weighted by atomic mass is 10.3. The number of anilines is 1. The number of thioether (sulfide) groups is 1. The van der Waals surface area contributed by atoms with Crippen LogP contribution in [0.5, 0.6) is 0 Å². The molecule has 1 N–H and O–H groups in total. The van der Waals surface area contributed by atoms with Crippen molar-refractivity contribution in [3.8, 4) is 0 Å². The molecule has 3 aromatic heterocycles. The minimum Gasteiger partial charge on any atom is -0.466 e. The van der Waals surface area contributed by atoms with Crippen molar-refractivity contribution >= 4 is 61.7 Å². The maximum absolute atomic E-state index is 12.9. The number of hydrogen-bond donors (Lipinski definition) is 1. The minimum atomic E-state index is -0.383. The molecule has 29 heavy (non-hydrogen) atoms. The van der Waals surface area contributed by atoms with Gasteiger partial charge in [-0.1, -0.05) is 18.7 Å². The summed E-state index contributed by atoms with van der Waals surface area (Å²) in [6.45, 7) is 3.90. The van der Waals surface area contributed by atoms with Gasteiger partial charge in [-0.25, -0.2) is 9.97 Å². The van der Waals surface area contributed by atoms with E-state index >= 15 is 0 Å². The summed E-state index contributed by atoms with van der Waals surface area (Å²) in [5.41, 5.74) is 0.298. The number of carbonyl (C=O) groups is 2. The van der Waals surface area contributed by atoms with Crippen LogP contribution in [0.1, 0.15) is 24.4 Å². The monoisotopic (exact) mass is 452 g/mol. The zero-order valence-corrected chi connectivity index (χ0v) is 18.6. The standard InChI is InChI=1S/C18H20N4O4S3/c1-4-11-7-12-15(29-11)21-18(27-3)22(16(12)25)8-13(23)20-17-19-10(9-28-17)6-14(24)26-5-2/h7,9H,4-6,8H2,1-3H3,(H,19,20,23). The van der Waals surface area contributed by atoms with E-state index in [1.165, 1.54) is 39.0 Å². The molecule has 0 fully saturated rings. The Hall–Kier alpha value is -2.24. The zero-order chi connectivity index (χ0) is 21.0. The molecule has 0 aliphatic rings. The third-order valence-corrected chi connectivity index (χ3v) is 6.59. The molecule has 1 amide bonds. The van der Waals surface area contributed by atoms with Crippen molar-refractivity contribution in [1.29, 1.82) is 0 Å². The highest BCUT2D eigenvalue weighted by atomic mass is 32.2. The van der Waals surface area contributed by atoms with E-state index in [0.717, 1.165) is 11.3 Å². The summed E-state index contributed by atoms with van der Waals surface area (Å²) in [6, 6.07) is 1.84. The normalized spacial score (nSPS) is 11.0. The molecule has 0 spiro atoms. The summed E-state index contributed by atoms with van der Waals surface area (Å²) >= 11 is 4.03. The van der Waals surface area contributed by atoms with Gasteiger partial charge >= 0.3 is 5.97 Å². The number of nitrogens with one attached hydrogen (secondary N) is 1.